The number of amides is 1. The number of carbonyl (C=O) groups excluding carboxylic acids is 1. The molecule has 1 amide bonds. The SMILES string of the molecule is CN1CCO[C@@H]2CN(C(=O)c3ccoc3)C[C@@H]21. The van der Waals surface area contributed by atoms with Gasteiger partial charge in [-0.2, -0.15) is 0 Å². The highest BCUT2D eigenvalue weighted by atomic mass is 16.5. The molecule has 2 aliphatic rings. The smallest absolute Gasteiger partial charge is 0.257 e. The first-order valence-electron chi connectivity index (χ1n) is 5.89. The van der Waals surface area contributed by atoms with Gasteiger partial charge in [-0.05, 0) is 13.1 Å². The molecule has 3 heterocycles. The van der Waals surface area contributed by atoms with E-state index < -0.39 is 0 Å². The number of hydrogen-bond acceptors (Lipinski definition) is 4. The molecule has 2 atom stereocenters. The second-order valence-corrected chi connectivity index (χ2v) is 4.68. The standard InChI is InChI=1S/C12H16N2O3/c1-13-3-5-17-11-7-14(6-10(11)13)12(15)9-2-4-16-8-9/h2,4,8,10-11H,3,5-7H2,1H3/t10-,11+/m0/s1. The van der Waals surface area contributed by atoms with Crippen LogP contribution in [0.3, 0.4) is 0 Å². The van der Waals surface area contributed by atoms with Crippen molar-refractivity contribution in [1.82, 2.24) is 9.80 Å². The minimum atomic E-state index is 0.0325. The summed E-state index contributed by atoms with van der Waals surface area (Å²) in [4.78, 5) is 16.3. The van der Waals surface area contributed by atoms with Crippen molar-refractivity contribution < 1.29 is 13.9 Å². The molecule has 3 rings (SSSR count). The van der Waals surface area contributed by atoms with Gasteiger partial charge in [-0.25, -0.2) is 0 Å². The van der Waals surface area contributed by atoms with Gasteiger partial charge >= 0.3 is 0 Å². The lowest BCUT2D eigenvalue weighted by Crippen LogP contribution is -2.48. The van der Waals surface area contributed by atoms with Crippen LogP contribution >= 0.6 is 0 Å². The first-order valence-corrected chi connectivity index (χ1v) is 5.89. The van der Waals surface area contributed by atoms with E-state index in [1.807, 2.05) is 4.90 Å². The summed E-state index contributed by atoms with van der Waals surface area (Å²) in [6.07, 6.45) is 3.18. The molecule has 0 saturated carbocycles. The summed E-state index contributed by atoms with van der Waals surface area (Å²) >= 11 is 0. The first-order chi connectivity index (χ1) is 8.25. The number of likely N-dealkylation sites (tertiary alicyclic amines) is 1. The van der Waals surface area contributed by atoms with Crippen LogP contribution in [0, 0.1) is 0 Å². The van der Waals surface area contributed by atoms with Gasteiger partial charge in [0.15, 0.2) is 0 Å². The molecule has 17 heavy (non-hydrogen) atoms. The Morgan fingerprint density at radius 2 is 2.35 bits per heavy atom. The number of hydrogen-bond donors (Lipinski definition) is 0. The van der Waals surface area contributed by atoms with Gasteiger partial charge < -0.3 is 14.1 Å². The van der Waals surface area contributed by atoms with Crippen LogP contribution in [0.2, 0.25) is 0 Å². The van der Waals surface area contributed by atoms with Crippen LogP contribution in [0.4, 0.5) is 0 Å². The van der Waals surface area contributed by atoms with Crippen molar-refractivity contribution >= 4 is 5.91 Å². The Morgan fingerprint density at radius 1 is 1.47 bits per heavy atom. The number of fused-ring (bicyclic) bond motifs is 1. The van der Waals surface area contributed by atoms with Gasteiger partial charge in [0.05, 0.1) is 30.6 Å². The van der Waals surface area contributed by atoms with Crippen molar-refractivity contribution in [3.63, 3.8) is 0 Å². The van der Waals surface area contributed by atoms with Gasteiger partial charge in [0, 0.05) is 19.6 Å². The Balaban J connectivity index is 1.73. The molecule has 0 spiro atoms. The van der Waals surface area contributed by atoms with E-state index in [0.717, 1.165) is 19.7 Å². The van der Waals surface area contributed by atoms with Gasteiger partial charge in [-0.3, -0.25) is 9.69 Å². The Kier molecular flexibility index (Phi) is 2.64. The van der Waals surface area contributed by atoms with E-state index in [1.165, 1.54) is 12.5 Å². The van der Waals surface area contributed by atoms with Crippen LogP contribution in [0.1, 0.15) is 10.4 Å². The number of morpholine rings is 1. The molecule has 5 heteroatoms. The van der Waals surface area contributed by atoms with E-state index in [-0.39, 0.29) is 12.0 Å². The van der Waals surface area contributed by atoms with Crippen LogP contribution in [-0.2, 0) is 4.74 Å². The quantitative estimate of drug-likeness (QED) is 0.709. The fourth-order valence-corrected chi connectivity index (χ4v) is 2.59. The maximum Gasteiger partial charge on any atom is 0.257 e. The minimum absolute atomic E-state index is 0.0325. The number of nitrogens with zero attached hydrogens (tertiary/aromatic N) is 2. The van der Waals surface area contributed by atoms with Gasteiger partial charge in [0.25, 0.3) is 5.91 Å². The van der Waals surface area contributed by atoms with Crippen molar-refractivity contribution in [2.75, 3.05) is 33.3 Å². The molecule has 5 nitrogen and oxygen atoms in total. The molecule has 92 valence electrons. The molecule has 2 fully saturated rings. The predicted octanol–water partition coefficient (Wildman–Crippen LogP) is 0.435. The van der Waals surface area contributed by atoms with Gasteiger partial charge in [-0.15, -0.1) is 0 Å². The topological polar surface area (TPSA) is 45.9 Å². The maximum atomic E-state index is 12.1. The normalized spacial score (nSPS) is 29.4. The Bertz CT molecular complexity index is 404. The summed E-state index contributed by atoms with van der Waals surface area (Å²) in [5, 5.41) is 0. The van der Waals surface area contributed by atoms with Crippen molar-refractivity contribution in [2.24, 2.45) is 0 Å². The minimum Gasteiger partial charge on any atom is -0.472 e. The zero-order valence-electron chi connectivity index (χ0n) is 9.83. The lowest BCUT2D eigenvalue weighted by atomic mass is 10.1. The van der Waals surface area contributed by atoms with Crippen LogP contribution in [0.5, 0.6) is 0 Å². The fraction of sp³-hybridized carbons (Fsp3) is 0.583. The van der Waals surface area contributed by atoms with E-state index in [1.54, 1.807) is 6.07 Å². The zero-order chi connectivity index (χ0) is 11.8. The molecular formula is C12H16N2O3. The number of furan rings is 1. The molecule has 0 N–H and O–H groups in total. The zero-order valence-corrected chi connectivity index (χ0v) is 9.83. The molecule has 0 bridgehead atoms. The highest BCUT2D eigenvalue weighted by Crippen LogP contribution is 2.23. The van der Waals surface area contributed by atoms with E-state index >= 15 is 0 Å². The third-order valence-electron chi connectivity index (χ3n) is 3.63. The highest BCUT2D eigenvalue weighted by molar-refractivity contribution is 5.94. The Hall–Kier alpha value is -1.33. The van der Waals surface area contributed by atoms with Gasteiger partial charge in [0.1, 0.15) is 6.26 Å². The predicted molar refractivity (Wildman–Crippen MR) is 60.8 cm³/mol. The Morgan fingerprint density at radius 3 is 3.06 bits per heavy atom. The fourth-order valence-electron chi connectivity index (χ4n) is 2.59. The van der Waals surface area contributed by atoms with E-state index in [4.69, 9.17) is 9.15 Å². The van der Waals surface area contributed by atoms with Crippen molar-refractivity contribution in [3.05, 3.63) is 24.2 Å². The summed E-state index contributed by atoms with van der Waals surface area (Å²) in [7, 11) is 2.09. The number of rotatable bonds is 1. The molecule has 2 saturated heterocycles. The summed E-state index contributed by atoms with van der Waals surface area (Å²) in [6, 6.07) is 2.04. The third-order valence-corrected chi connectivity index (χ3v) is 3.63. The largest absolute Gasteiger partial charge is 0.472 e. The average Bonchev–Trinajstić information content (AvgIpc) is 2.98. The second kappa shape index (κ2) is 4.16. The number of ether oxygens (including phenoxy) is 1. The number of carbonyl (C=O) groups is 1. The molecule has 1 aromatic rings. The second-order valence-electron chi connectivity index (χ2n) is 4.68. The van der Waals surface area contributed by atoms with Crippen molar-refractivity contribution in [2.45, 2.75) is 12.1 Å². The van der Waals surface area contributed by atoms with E-state index in [0.29, 0.717) is 18.2 Å². The molecule has 0 aromatic carbocycles. The third kappa shape index (κ3) is 1.85. The summed E-state index contributed by atoms with van der Waals surface area (Å²) in [6.45, 7) is 3.12. The Labute approximate surface area is 99.9 Å². The van der Waals surface area contributed by atoms with Gasteiger partial charge in [0.2, 0.25) is 0 Å². The molecular weight excluding hydrogens is 220 g/mol. The summed E-state index contributed by atoms with van der Waals surface area (Å²) < 4.78 is 10.7. The van der Waals surface area contributed by atoms with E-state index in [2.05, 4.69) is 11.9 Å². The van der Waals surface area contributed by atoms with Crippen molar-refractivity contribution in [3.8, 4) is 0 Å². The van der Waals surface area contributed by atoms with Gasteiger partial charge in [-0.1, -0.05) is 0 Å². The average molecular weight is 236 g/mol. The molecule has 0 unspecified atom stereocenters. The molecule has 0 aliphatic carbocycles. The summed E-state index contributed by atoms with van der Waals surface area (Å²) in [5.74, 6) is 0.0325. The monoisotopic (exact) mass is 236 g/mol. The van der Waals surface area contributed by atoms with Crippen molar-refractivity contribution in [1.29, 1.82) is 0 Å². The highest BCUT2D eigenvalue weighted by Gasteiger charge is 2.40. The van der Waals surface area contributed by atoms with E-state index in [9.17, 15) is 4.79 Å². The first kappa shape index (κ1) is 10.8. The maximum absolute atomic E-state index is 12.1. The van der Waals surface area contributed by atoms with Crippen LogP contribution in [0.25, 0.3) is 0 Å². The van der Waals surface area contributed by atoms with Crippen LogP contribution in [0.15, 0.2) is 23.0 Å². The summed E-state index contributed by atoms with van der Waals surface area (Å²) in [5.41, 5.74) is 0.617. The lowest BCUT2D eigenvalue weighted by Gasteiger charge is -2.33. The molecule has 0 radical (unpaired) electrons. The lowest BCUT2D eigenvalue weighted by molar-refractivity contribution is -0.0368. The number of likely N-dealkylation sites (N-methyl/N-ethyl adjacent to an activating group) is 1. The van der Waals surface area contributed by atoms with Crippen LogP contribution in [-0.4, -0.2) is 61.1 Å². The molecule has 1 aromatic heterocycles. The molecule has 2 aliphatic heterocycles. The van der Waals surface area contributed by atoms with Crippen LogP contribution < -0.4 is 0 Å².